The predicted octanol–water partition coefficient (Wildman–Crippen LogP) is 3.62. The minimum absolute atomic E-state index is 0.716. The number of benzene rings is 1. The van der Waals surface area contributed by atoms with E-state index in [4.69, 9.17) is 4.74 Å². The van der Waals surface area contributed by atoms with Gasteiger partial charge in [-0.1, -0.05) is 36.4 Å². The van der Waals surface area contributed by atoms with Gasteiger partial charge in [0.25, 0.3) is 0 Å². The summed E-state index contributed by atoms with van der Waals surface area (Å²) in [5, 5.41) is 0. The van der Waals surface area contributed by atoms with E-state index in [2.05, 4.69) is 23.2 Å². The first kappa shape index (κ1) is 12.8. The first-order chi connectivity index (χ1) is 8.95. The summed E-state index contributed by atoms with van der Waals surface area (Å²) < 4.78 is 5.64. The largest absolute Gasteiger partial charge is 0.377 e. The highest BCUT2D eigenvalue weighted by Gasteiger charge is 1.94. The molecule has 0 saturated heterocycles. The van der Waals surface area contributed by atoms with Gasteiger partial charge in [0.15, 0.2) is 0 Å². The zero-order chi connectivity index (χ0) is 12.5. The summed E-state index contributed by atoms with van der Waals surface area (Å²) in [6.45, 7) is 1.54. The molecule has 2 heteroatoms. The minimum Gasteiger partial charge on any atom is -0.377 e. The predicted molar refractivity (Wildman–Crippen MR) is 73.3 cm³/mol. The molecule has 0 aliphatic rings. The number of unbranched alkanes of at least 4 members (excludes halogenated alkanes) is 1. The van der Waals surface area contributed by atoms with Crippen LogP contribution in [0.1, 0.15) is 24.0 Å². The second-order valence-corrected chi connectivity index (χ2v) is 4.36. The standard InChI is InChI=1S/C16H19NO/c1-2-8-16(9-3-1)14-18-12-5-4-7-15-10-6-11-17-13-15/h1-3,6,8-11,13H,4-5,7,12,14H2. The Balaban J connectivity index is 1.54. The molecule has 0 unspecified atom stereocenters. The normalized spacial score (nSPS) is 10.4. The van der Waals surface area contributed by atoms with Gasteiger partial charge in [0.2, 0.25) is 0 Å². The molecule has 0 atom stereocenters. The Bertz CT molecular complexity index is 384. The van der Waals surface area contributed by atoms with Crippen molar-refractivity contribution in [2.75, 3.05) is 6.61 Å². The van der Waals surface area contributed by atoms with Gasteiger partial charge in [-0.25, -0.2) is 0 Å². The zero-order valence-electron chi connectivity index (χ0n) is 10.6. The van der Waals surface area contributed by atoms with Crippen LogP contribution in [0, 0.1) is 0 Å². The number of ether oxygens (including phenoxy) is 1. The molecule has 1 aromatic carbocycles. The number of aromatic nitrogens is 1. The molecular weight excluding hydrogens is 222 g/mol. The fourth-order valence-electron chi connectivity index (χ4n) is 1.84. The number of hydrogen-bond acceptors (Lipinski definition) is 2. The van der Waals surface area contributed by atoms with E-state index >= 15 is 0 Å². The Morgan fingerprint density at radius 1 is 0.889 bits per heavy atom. The third-order valence-corrected chi connectivity index (χ3v) is 2.84. The average molecular weight is 241 g/mol. The molecule has 2 rings (SSSR count). The summed E-state index contributed by atoms with van der Waals surface area (Å²) in [4.78, 5) is 4.11. The van der Waals surface area contributed by atoms with Crippen LogP contribution >= 0.6 is 0 Å². The molecule has 18 heavy (non-hydrogen) atoms. The molecule has 2 aromatic rings. The van der Waals surface area contributed by atoms with E-state index in [1.54, 1.807) is 0 Å². The minimum atomic E-state index is 0.716. The molecule has 2 nitrogen and oxygen atoms in total. The third kappa shape index (κ3) is 4.68. The van der Waals surface area contributed by atoms with E-state index in [0.29, 0.717) is 6.61 Å². The molecule has 0 radical (unpaired) electrons. The van der Waals surface area contributed by atoms with Crippen LogP contribution in [0.3, 0.4) is 0 Å². The molecule has 0 fully saturated rings. The van der Waals surface area contributed by atoms with Gasteiger partial charge in [-0.15, -0.1) is 0 Å². The van der Waals surface area contributed by atoms with Gasteiger partial charge in [-0.05, 0) is 36.5 Å². The maximum Gasteiger partial charge on any atom is 0.0716 e. The summed E-state index contributed by atoms with van der Waals surface area (Å²) in [6.07, 6.45) is 7.09. The van der Waals surface area contributed by atoms with Crippen molar-refractivity contribution in [2.24, 2.45) is 0 Å². The first-order valence-electron chi connectivity index (χ1n) is 6.46. The van der Waals surface area contributed by atoms with Crippen molar-refractivity contribution in [1.82, 2.24) is 4.98 Å². The zero-order valence-corrected chi connectivity index (χ0v) is 10.6. The summed E-state index contributed by atoms with van der Waals surface area (Å²) in [5.41, 5.74) is 2.55. The van der Waals surface area contributed by atoms with E-state index in [9.17, 15) is 0 Å². The summed E-state index contributed by atoms with van der Waals surface area (Å²) in [5.74, 6) is 0. The molecule has 1 heterocycles. The molecule has 0 saturated carbocycles. The van der Waals surface area contributed by atoms with Crippen LogP contribution in [0.25, 0.3) is 0 Å². The van der Waals surface area contributed by atoms with Crippen molar-refractivity contribution >= 4 is 0 Å². The maximum atomic E-state index is 5.64. The molecular formula is C16H19NO. The number of aryl methyl sites for hydroxylation is 1. The van der Waals surface area contributed by atoms with Crippen molar-refractivity contribution in [1.29, 1.82) is 0 Å². The summed E-state index contributed by atoms with van der Waals surface area (Å²) in [7, 11) is 0. The smallest absolute Gasteiger partial charge is 0.0716 e. The van der Waals surface area contributed by atoms with E-state index < -0.39 is 0 Å². The van der Waals surface area contributed by atoms with Crippen LogP contribution in [0.5, 0.6) is 0 Å². The second-order valence-electron chi connectivity index (χ2n) is 4.36. The van der Waals surface area contributed by atoms with Crippen LogP contribution in [0.15, 0.2) is 54.9 Å². The third-order valence-electron chi connectivity index (χ3n) is 2.84. The highest BCUT2D eigenvalue weighted by molar-refractivity contribution is 5.13. The van der Waals surface area contributed by atoms with Crippen LogP contribution in [-0.4, -0.2) is 11.6 Å². The van der Waals surface area contributed by atoms with Crippen LogP contribution < -0.4 is 0 Å². The number of pyridine rings is 1. The summed E-state index contributed by atoms with van der Waals surface area (Å²) in [6, 6.07) is 14.4. The molecule has 0 aliphatic heterocycles. The van der Waals surface area contributed by atoms with Crippen LogP contribution in [0.2, 0.25) is 0 Å². The molecule has 0 amide bonds. The molecule has 0 N–H and O–H groups in total. The SMILES string of the molecule is c1ccc(COCCCCc2cccnc2)cc1. The highest BCUT2D eigenvalue weighted by Crippen LogP contribution is 2.05. The van der Waals surface area contributed by atoms with E-state index in [1.165, 1.54) is 11.1 Å². The van der Waals surface area contributed by atoms with Gasteiger partial charge in [0, 0.05) is 19.0 Å². The van der Waals surface area contributed by atoms with Crippen molar-refractivity contribution < 1.29 is 4.74 Å². The number of rotatable bonds is 7. The Hall–Kier alpha value is -1.67. The quantitative estimate of drug-likeness (QED) is 0.691. The lowest BCUT2D eigenvalue weighted by molar-refractivity contribution is 0.117. The molecule has 0 aliphatic carbocycles. The monoisotopic (exact) mass is 241 g/mol. The van der Waals surface area contributed by atoms with Gasteiger partial charge in [0.05, 0.1) is 6.61 Å². The second kappa shape index (κ2) is 7.62. The van der Waals surface area contributed by atoms with Crippen molar-refractivity contribution in [3.8, 4) is 0 Å². The van der Waals surface area contributed by atoms with Crippen LogP contribution in [-0.2, 0) is 17.8 Å². The molecule has 94 valence electrons. The van der Waals surface area contributed by atoms with E-state index in [-0.39, 0.29) is 0 Å². The fraction of sp³-hybridized carbons (Fsp3) is 0.312. The fourth-order valence-corrected chi connectivity index (χ4v) is 1.84. The van der Waals surface area contributed by atoms with Crippen molar-refractivity contribution in [3.63, 3.8) is 0 Å². The Morgan fingerprint density at radius 3 is 2.50 bits per heavy atom. The van der Waals surface area contributed by atoms with E-state index in [1.807, 2.05) is 36.7 Å². The van der Waals surface area contributed by atoms with Gasteiger partial charge >= 0.3 is 0 Å². The van der Waals surface area contributed by atoms with Gasteiger partial charge < -0.3 is 4.74 Å². The lowest BCUT2D eigenvalue weighted by Gasteiger charge is -2.04. The summed E-state index contributed by atoms with van der Waals surface area (Å²) >= 11 is 0. The van der Waals surface area contributed by atoms with Crippen molar-refractivity contribution in [2.45, 2.75) is 25.9 Å². The first-order valence-corrected chi connectivity index (χ1v) is 6.46. The Kier molecular flexibility index (Phi) is 5.41. The lowest BCUT2D eigenvalue weighted by atomic mass is 10.1. The maximum absolute atomic E-state index is 5.64. The Labute approximate surface area is 109 Å². The van der Waals surface area contributed by atoms with E-state index in [0.717, 1.165) is 25.9 Å². The van der Waals surface area contributed by atoms with Crippen LogP contribution in [0.4, 0.5) is 0 Å². The Morgan fingerprint density at radius 2 is 1.72 bits per heavy atom. The lowest BCUT2D eigenvalue weighted by Crippen LogP contribution is -1.96. The van der Waals surface area contributed by atoms with Crippen molar-refractivity contribution in [3.05, 3.63) is 66.0 Å². The van der Waals surface area contributed by atoms with Gasteiger partial charge in [-0.3, -0.25) is 4.98 Å². The molecule has 1 aromatic heterocycles. The average Bonchev–Trinajstić information content (AvgIpc) is 2.45. The van der Waals surface area contributed by atoms with Gasteiger partial charge in [-0.2, -0.15) is 0 Å². The number of hydrogen-bond donors (Lipinski definition) is 0. The highest BCUT2D eigenvalue weighted by atomic mass is 16.5. The molecule has 0 bridgehead atoms. The number of nitrogens with zero attached hydrogens (tertiary/aromatic N) is 1. The van der Waals surface area contributed by atoms with Gasteiger partial charge in [0.1, 0.15) is 0 Å². The molecule has 0 spiro atoms. The topological polar surface area (TPSA) is 22.1 Å².